The fourth-order valence-electron chi connectivity index (χ4n) is 3.79. The third-order valence-electron chi connectivity index (χ3n) is 5.52. The van der Waals surface area contributed by atoms with Crippen molar-refractivity contribution in [3.8, 4) is 17.2 Å². The van der Waals surface area contributed by atoms with Crippen LogP contribution in [0.2, 0.25) is 0 Å². The highest BCUT2D eigenvalue weighted by Gasteiger charge is 2.27. The minimum Gasteiger partial charge on any atom is -0.495 e. The second-order valence-corrected chi connectivity index (χ2v) is 9.16. The first kappa shape index (κ1) is 24.7. The number of fused-ring (bicyclic) bond motifs is 1. The van der Waals surface area contributed by atoms with Crippen LogP contribution in [0.3, 0.4) is 0 Å². The van der Waals surface area contributed by atoms with Gasteiger partial charge in [-0.05, 0) is 55.5 Å². The minimum absolute atomic E-state index is 0.0391. The SMILES string of the molecule is COc1ccccc1NC(=O)c1c(C(=O)Nc2ccc(Oc3ccccc3)cc2)sc2nc(C)cc(=O)n12. The van der Waals surface area contributed by atoms with Gasteiger partial charge in [0.15, 0.2) is 4.96 Å². The number of thiazole rings is 1. The molecule has 2 N–H and O–H groups in total. The molecule has 0 atom stereocenters. The van der Waals surface area contributed by atoms with Crippen LogP contribution in [0.4, 0.5) is 11.4 Å². The molecule has 3 aromatic carbocycles. The van der Waals surface area contributed by atoms with E-state index in [0.717, 1.165) is 15.7 Å². The van der Waals surface area contributed by atoms with Gasteiger partial charge in [-0.25, -0.2) is 9.38 Å². The summed E-state index contributed by atoms with van der Waals surface area (Å²) in [6.45, 7) is 1.68. The predicted molar refractivity (Wildman–Crippen MR) is 146 cm³/mol. The molecule has 38 heavy (non-hydrogen) atoms. The number of nitrogens with one attached hydrogen (secondary N) is 2. The van der Waals surface area contributed by atoms with E-state index in [1.165, 1.54) is 13.2 Å². The van der Waals surface area contributed by atoms with Crippen molar-refractivity contribution in [2.75, 3.05) is 17.7 Å². The van der Waals surface area contributed by atoms with Crippen molar-refractivity contribution < 1.29 is 19.1 Å². The molecule has 0 aliphatic heterocycles. The lowest BCUT2D eigenvalue weighted by Gasteiger charge is -2.11. The average Bonchev–Trinajstić information content (AvgIpc) is 3.31. The Morgan fingerprint density at radius 1 is 0.868 bits per heavy atom. The number of ether oxygens (including phenoxy) is 2. The molecule has 0 aliphatic rings. The highest BCUT2D eigenvalue weighted by molar-refractivity contribution is 7.19. The Morgan fingerprint density at radius 2 is 1.55 bits per heavy atom. The minimum atomic E-state index is -0.648. The summed E-state index contributed by atoms with van der Waals surface area (Å²) < 4.78 is 12.3. The second kappa shape index (κ2) is 10.6. The molecule has 5 rings (SSSR count). The Morgan fingerprint density at radius 3 is 2.29 bits per heavy atom. The van der Waals surface area contributed by atoms with Crippen LogP contribution in [-0.2, 0) is 0 Å². The maximum Gasteiger partial charge on any atom is 0.274 e. The van der Waals surface area contributed by atoms with Gasteiger partial charge in [-0.15, -0.1) is 0 Å². The summed E-state index contributed by atoms with van der Waals surface area (Å²) in [5, 5.41) is 5.54. The van der Waals surface area contributed by atoms with E-state index in [0.29, 0.717) is 34.3 Å². The highest BCUT2D eigenvalue weighted by atomic mass is 32.1. The number of benzene rings is 3. The molecule has 0 radical (unpaired) electrons. The molecule has 0 aliphatic carbocycles. The third kappa shape index (κ3) is 5.11. The molecule has 0 fully saturated rings. The topological polar surface area (TPSA) is 111 Å². The summed E-state index contributed by atoms with van der Waals surface area (Å²) in [5.74, 6) is 0.517. The van der Waals surface area contributed by atoms with Gasteiger partial charge in [0.2, 0.25) is 0 Å². The molecule has 0 bridgehead atoms. The van der Waals surface area contributed by atoms with Crippen molar-refractivity contribution >= 4 is 39.5 Å². The van der Waals surface area contributed by atoms with Crippen LogP contribution >= 0.6 is 11.3 Å². The van der Waals surface area contributed by atoms with Crippen LogP contribution in [-0.4, -0.2) is 28.3 Å². The Labute approximate surface area is 221 Å². The Kier molecular flexibility index (Phi) is 6.88. The number of para-hydroxylation sites is 3. The largest absolute Gasteiger partial charge is 0.495 e. The van der Waals surface area contributed by atoms with E-state index in [-0.39, 0.29) is 15.5 Å². The molecule has 10 heteroatoms. The molecule has 2 aromatic heterocycles. The fraction of sp³-hybridized carbons (Fsp3) is 0.0714. The van der Waals surface area contributed by atoms with Gasteiger partial charge in [0.05, 0.1) is 12.8 Å². The van der Waals surface area contributed by atoms with Gasteiger partial charge in [0.25, 0.3) is 17.4 Å². The van der Waals surface area contributed by atoms with Gasteiger partial charge in [0.1, 0.15) is 27.8 Å². The Balaban J connectivity index is 1.46. The van der Waals surface area contributed by atoms with Crippen molar-refractivity contribution in [1.29, 1.82) is 0 Å². The van der Waals surface area contributed by atoms with E-state index >= 15 is 0 Å². The van der Waals surface area contributed by atoms with Crippen molar-refractivity contribution in [3.63, 3.8) is 0 Å². The fourth-order valence-corrected chi connectivity index (χ4v) is 4.86. The van der Waals surface area contributed by atoms with Crippen LogP contribution in [0.1, 0.15) is 25.9 Å². The van der Waals surface area contributed by atoms with Crippen molar-refractivity contribution in [1.82, 2.24) is 9.38 Å². The van der Waals surface area contributed by atoms with Gasteiger partial charge in [0, 0.05) is 17.4 Å². The van der Waals surface area contributed by atoms with Gasteiger partial charge in [-0.1, -0.05) is 41.7 Å². The van der Waals surface area contributed by atoms with E-state index in [4.69, 9.17) is 9.47 Å². The van der Waals surface area contributed by atoms with Crippen LogP contribution in [0.15, 0.2) is 89.7 Å². The highest BCUT2D eigenvalue weighted by Crippen LogP contribution is 2.28. The summed E-state index contributed by atoms with van der Waals surface area (Å²) in [7, 11) is 1.48. The lowest BCUT2D eigenvalue weighted by atomic mass is 10.2. The van der Waals surface area contributed by atoms with E-state index in [1.54, 1.807) is 55.5 Å². The average molecular weight is 527 g/mol. The summed E-state index contributed by atoms with van der Waals surface area (Å²) in [4.78, 5) is 44.3. The Hall–Kier alpha value is -4.96. The van der Waals surface area contributed by atoms with Crippen LogP contribution in [0.5, 0.6) is 17.2 Å². The van der Waals surface area contributed by atoms with Crippen LogP contribution in [0.25, 0.3) is 4.96 Å². The molecule has 2 heterocycles. The molecule has 5 aromatic rings. The maximum absolute atomic E-state index is 13.4. The number of anilines is 2. The molecule has 190 valence electrons. The second-order valence-electron chi connectivity index (χ2n) is 8.18. The number of aryl methyl sites for hydroxylation is 1. The molecule has 0 saturated carbocycles. The molecule has 2 amide bonds. The predicted octanol–water partition coefficient (Wildman–Crippen LogP) is 5.37. The summed E-state index contributed by atoms with van der Waals surface area (Å²) in [6.07, 6.45) is 0. The maximum atomic E-state index is 13.4. The molecule has 0 spiro atoms. The number of aromatic nitrogens is 2. The number of methoxy groups -OCH3 is 1. The molecule has 0 unspecified atom stereocenters. The molecular weight excluding hydrogens is 504 g/mol. The van der Waals surface area contributed by atoms with Crippen LogP contribution < -0.4 is 25.7 Å². The zero-order valence-corrected chi connectivity index (χ0v) is 21.2. The van der Waals surface area contributed by atoms with E-state index in [9.17, 15) is 14.4 Å². The van der Waals surface area contributed by atoms with E-state index in [2.05, 4.69) is 15.6 Å². The number of nitrogens with zero attached hydrogens (tertiary/aromatic N) is 2. The molecule has 0 saturated heterocycles. The van der Waals surface area contributed by atoms with Gasteiger partial charge < -0.3 is 20.1 Å². The Bertz CT molecular complexity index is 1690. The number of rotatable bonds is 7. The summed E-state index contributed by atoms with van der Waals surface area (Å²) >= 11 is 0.956. The smallest absolute Gasteiger partial charge is 0.274 e. The first-order valence-corrected chi connectivity index (χ1v) is 12.4. The summed E-state index contributed by atoms with van der Waals surface area (Å²) in [5.41, 5.74) is 0.785. The number of carbonyl (C=O) groups excluding carboxylic acids is 2. The lowest BCUT2D eigenvalue weighted by molar-refractivity contribution is 0.0989. The normalized spacial score (nSPS) is 10.7. The van der Waals surface area contributed by atoms with Crippen molar-refractivity contribution in [2.45, 2.75) is 6.92 Å². The number of carbonyl (C=O) groups is 2. The van der Waals surface area contributed by atoms with Crippen LogP contribution in [0, 0.1) is 6.92 Å². The third-order valence-corrected chi connectivity index (χ3v) is 6.55. The zero-order chi connectivity index (χ0) is 26.6. The van der Waals surface area contributed by atoms with Gasteiger partial charge in [-0.2, -0.15) is 0 Å². The number of amides is 2. The first-order valence-electron chi connectivity index (χ1n) is 11.5. The van der Waals surface area contributed by atoms with Gasteiger partial charge >= 0.3 is 0 Å². The van der Waals surface area contributed by atoms with E-state index < -0.39 is 17.4 Å². The standard InChI is InChI=1S/C28H22N4O5S/c1-17-16-23(33)32-24(26(34)31-21-10-6-7-11-22(21)36-2)25(38-28(32)29-17)27(35)30-18-12-14-20(15-13-18)37-19-8-4-3-5-9-19/h3-16H,1-2H3,(H,30,35)(H,31,34). The summed E-state index contributed by atoms with van der Waals surface area (Å²) in [6, 6.07) is 24.3. The first-order chi connectivity index (χ1) is 18.4. The van der Waals surface area contributed by atoms with Crippen molar-refractivity contribution in [3.05, 3.63) is 112 Å². The zero-order valence-electron chi connectivity index (χ0n) is 20.4. The van der Waals surface area contributed by atoms with Crippen molar-refractivity contribution in [2.24, 2.45) is 0 Å². The quantitative estimate of drug-likeness (QED) is 0.295. The lowest BCUT2D eigenvalue weighted by Crippen LogP contribution is -2.25. The number of hydrogen-bond acceptors (Lipinski definition) is 7. The van der Waals surface area contributed by atoms with Gasteiger partial charge in [-0.3, -0.25) is 14.4 Å². The monoisotopic (exact) mass is 526 g/mol. The van der Waals surface area contributed by atoms with E-state index in [1.807, 2.05) is 30.3 Å². The molecule has 9 nitrogen and oxygen atoms in total. The molecular formula is C28H22N4O5S. The number of hydrogen-bond donors (Lipinski definition) is 2.